The summed E-state index contributed by atoms with van der Waals surface area (Å²) in [6, 6.07) is 0. The summed E-state index contributed by atoms with van der Waals surface area (Å²) in [4.78, 5) is 39.5. The van der Waals surface area contributed by atoms with Crippen LogP contribution in [0.4, 0.5) is 0 Å². The number of allylic oxidation sites excluding steroid dienone is 13. The maximum absolute atomic E-state index is 13.5. The summed E-state index contributed by atoms with van der Waals surface area (Å²) < 4.78 is 5.65. The molecule has 0 spiro atoms. The fourth-order valence-corrected chi connectivity index (χ4v) is 8.70. The Hall–Kier alpha value is -3.01. The fourth-order valence-electron chi connectivity index (χ4n) is 8.70. The van der Waals surface area contributed by atoms with Crippen molar-refractivity contribution in [2.75, 3.05) is 6.61 Å². The highest BCUT2D eigenvalue weighted by Gasteiger charge is 2.26. The van der Waals surface area contributed by atoms with Crippen LogP contribution in [0, 0.1) is 11.3 Å². The van der Waals surface area contributed by atoms with Gasteiger partial charge in [0.1, 0.15) is 18.2 Å². The van der Waals surface area contributed by atoms with Gasteiger partial charge in [0.15, 0.2) is 0 Å². The van der Waals surface area contributed by atoms with Crippen LogP contribution in [-0.4, -0.2) is 24.1 Å². The zero-order valence-corrected chi connectivity index (χ0v) is 42.3. The zero-order chi connectivity index (χ0) is 46.2. The topological polar surface area (TPSA) is 60.4 Å². The Labute approximate surface area is 390 Å². The molecule has 0 aliphatic heterocycles. The van der Waals surface area contributed by atoms with Gasteiger partial charge in [0.05, 0.1) is 5.92 Å². The average Bonchev–Trinajstić information content (AvgIpc) is 3.24. The third-order valence-electron chi connectivity index (χ3n) is 12.9. The van der Waals surface area contributed by atoms with Crippen LogP contribution in [0.25, 0.3) is 0 Å². The summed E-state index contributed by atoms with van der Waals surface area (Å²) in [7, 11) is 0. The first-order chi connectivity index (χ1) is 30.5. The smallest absolute Gasteiger partial charge is 0.331 e. The van der Waals surface area contributed by atoms with Gasteiger partial charge in [-0.1, -0.05) is 196 Å². The molecule has 0 aromatic rings. The second-order valence-electron chi connectivity index (χ2n) is 19.6. The summed E-state index contributed by atoms with van der Waals surface area (Å²) in [6.45, 7) is 15.4. The lowest BCUT2D eigenvalue weighted by Crippen LogP contribution is -2.25. The Morgan fingerprint density at radius 1 is 0.619 bits per heavy atom. The first-order valence-electron chi connectivity index (χ1n) is 26.4. The van der Waals surface area contributed by atoms with Crippen LogP contribution in [0.15, 0.2) is 83.1 Å². The summed E-state index contributed by atoms with van der Waals surface area (Å²) in [5.41, 5.74) is 5.05. The molecule has 4 heteroatoms. The maximum Gasteiger partial charge on any atom is 0.331 e. The molecule has 0 amide bonds. The van der Waals surface area contributed by atoms with Crippen LogP contribution < -0.4 is 0 Å². The van der Waals surface area contributed by atoms with Crippen molar-refractivity contribution in [1.82, 2.24) is 0 Å². The van der Waals surface area contributed by atoms with Crippen molar-refractivity contribution in [1.29, 1.82) is 0 Å². The van der Waals surface area contributed by atoms with Crippen molar-refractivity contribution in [2.24, 2.45) is 11.3 Å². The van der Waals surface area contributed by atoms with E-state index in [1.165, 1.54) is 152 Å². The molecular formula is C59H98O4. The van der Waals surface area contributed by atoms with Crippen LogP contribution in [0.2, 0.25) is 0 Å². The molecule has 1 atom stereocenters. The number of unbranched alkanes of at least 4 members (excludes halogenated alkanes) is 22. The molecule has 4 nitrogen and oxygen atoms in total. The number of hydrogen-bond acceptors (Lipinski definition) is 4. The minimum Gasteiger partial charge on any atom is -0.462 e. The largest absolute Gasteiger partial charge is 0.462 e. The Kier molecular flexibility index (Phi) is 36.2. The number of rotatable bonds is 40. The summed E-state index contributed by atoms with van der Waals surface area (Å²) >= 11 is 0. The third kappa shape index (κ3) is 33.2. The second kappa shape index (κ2) is 39.4. The third-order valence-corrected chi connectivity index (χ3v) is 12.9. The Balaban J connectivity index is 2.58. The molecule has 1 rings (SSSR count). The van der Waals surface area contributed by atoms with Gasteiger partial charge in [-0.3, -0.25) is 9.59 Å². The normalized spacial score (nSPS) is 15.5. The molecule has 0 aromatic heterocycles. The van der Waals surface area contributed by atoms with Crippen molar-refractivity contribution in [3.8, 4) is 0 Å². The summed E-state index contributed by atoms with van der Waals surface area (Å²) in [6.07, 6.45) is 57.5. The molecule has 0 N–H and O–H groups in total. The van der Waals surface area contributed by atoms with Gasteiger partial charge in [0.2, 0.25) is 0 Å². The Morgan fingerprint density at radius 2 is 1.10 bits per heavy atom. The molecular weight excluding hydrogens is 773 g/mol. The lowest BCUT2D eigenvalue weighted by Gasteiger charge is -2.32. The highest BCUT2D eigenvalue weighted by atomic mass is 16.5. The van der Waals surface area contributed by atoms with E-state index >= 15 is 0 Å². The van der Waals surface area contributed by atoms with Gasteiger partial charge in [-0.2, -0.15) is 0 Å². The van der Waals surface area contributed by atoms with Crippen LogP contribution in [0.3, 0.4) is 0 Å². The summed E-state index contributed by atoms with van der Waals surface area (Å²) in [5.74, 6) is -0.884. The monoisotopic (exact) mass is 871 g/mol. The highest BCUT2D eigenvalue weighted by molar-refractivity contribution is 5.89. The van der Waals surface area contributed by atoms with Crippen LogP contribution in [-0.2, 0) is 19.1 Å². The molecule has 0 heterocycles. The van der Waals surface area contributed by atoms with Gasteiger partial charge < -0.3 is 4.74 Å². The molecule has 358 valence electrons. The van der Waals surface area contributed by atoms with E-state index in [0.29, 0.717) is 12.8 Å². The zero-order valence-electron chi connectivity index (χ0n) is 42.3. The molecule has 0 fully saturated rings. The predicted octanol–water partition coefficient (Wildman–Crippen LogP) is 18.3. The number of ketones is 2. The van der Waals surface area contributed by atoms with Crippen molar-refractivity contribution >= 4 is 17.5 Å². The maximum atomic E-state index is 13.5. The lowest BCUT2D eigenvalue weighted by molar-refractivity contribution is -0.142. The Morgan fingerprint density at radius 3 is 1.60 bits per heavy atom. The number of esters is 1. The fraction of sp³-hybridized carbons (Fsp3) is 0.712. The SMILES string of the molecule is CCCCCCCC/C=C\CCCCCCCC(=O)CC(COC(=O)/C=C(/C)C=CC=C(C)C=CC1=C(C)CCCC1(C)C)C(=O)CCCCCCC/C=C\CCCCCCCC. The van der Waals surface area contributed by atoms with E-state index in [9.17, 15) is 14.4 Å². The number of Topliss-reactive ketones (excluding diaryl/α,β-unsaturated/α-hetero) is 2. The molecule has 63 heavy (non-hydrogen) atoms. The lowest BCUT2D eigenvalue weighted by atomic mass is 9.72. The van der Waals surface area contributed by atoms with Crippen LogP contribution in [0.1, 0.15) is 254 Å². The van der Waals surface area contributed by atoms with E-state index < -0.39 is 11.9 Å². The Bertz CT molecular complexity index is 1430. The number of ether oxygens (including phenoxy) is 1. The minimum absolute atomic E-state index is 0.0379. The van der Waals surface area contributed by atoms with Crippen LogP contribution >= 0.6 is 0 Å². The van der Waals surface area contributed by atoms with Crippen molar-refractivity contribution in [2.45, 2.75) is 254 Å². The molecule has 0 saturated carbocycles. The van der Waals surface area contributed by atoms with Crippen molar-refractivity contribution < 1.29 is 19.1 Å². The van der Waals surface area contributed by atoms with E-state index in [1.807, 2.05) is 19.1 Å². The van der Waals surface area contributed by atoms with Crippen molar-refractivity contribution in [3.63, 3.8) is 0 Å². The van der Waals surface area contributed by atoms with Gasteiger partial charge >= 0.3 is 5.97 Å². The van der Waals surface area contributed by atoms with E-state index in [-0.39, 0.29) is 30.0 Å². The van der Waals surface area contributed by atoms with Gasteiger partial charge in [0.25, 0.3) is 0 Å². The molecule has 0 bridgehead atoms. The first kappa shape index (κ1) is 58.0. The molecule has 0 saturated heterocycles. The number of hydrogen-bond donors (Lipinski definition) is 0. The van der Waals surface area contributed by atoms with Gasteiger partial charge in [0, 0.05) is 25.3 Å². The second-order valence-corrected chi connectivity index (χ2v) is 19.6. The molecule has 0 aromatic carbocycles. The highest BCUT2D eigenvalue weighted by Crippen LogP contribution is 2.40. The summed E-state index contributed by atoms with van der Waals surface area (Å²) in [5, 5.41) is 0. The van der Waals surface area contributed by atoms with E-state index in [1.54, 1.807) is 0 Å². The first-order valence-corrected chi connectivity index (χ1v) is 26.4. The van der Waals surface area contributed by atoms with Crippen LogP contribution in [0.5, 0.6) is 0 Å². The number of carbonyl (C=O) groups is 3. The molecule has 1 unspecified atom stereocenters. The van der Waals surface area contributed by atoms with Crippen molar-refractivity contribution in [3.05, 3.63) is 83.1 Å². The van der Waals surface area contributed by atoms with Gasteiger partial charge in [-0.15, -0.1) is 0 Å². The van der Waals surface area contributed by atoms with E-state index in [2.05, 4.69) is 84.1 Å². The molecule has 1 aliphatic rings. The molecule has 1 aliphatic carbocycles. The number of carbonyl (C=O) groups excluding carboxylic acids is 3. The molecule has 0 radical (unpaired) electrons. The van der Waals surface area contributed by atoms with Gasteiger partial charge in [-0.25, -0.2) is 4.79 Å². The minimum atomic E-state index is -0.573. The van der Waals surface area contributed by atoms with Gasteiger partial charge in [-0.05, 0) is 121 Å². The van der Waals surface area contributed by atoms with E-state index in [0.717, 1.165) is 62.5 Å². The average molecular weight is 871 g/mol. The predicted molar refractivity (Wildman–Crippen MR) is 274 cm³/mol. The van der Waals surface area contributed by atoms with E-state index in [4.69, 9.17) is 4.74 Å². The quantitative estimate of drug-likeness (QED) is 0.0202. The standard InChI is InChI=1S/C59H98O4/c1-8-10-12-14-16-18-20-22-24-26-28-30-32-34-36-43-55(60)49-54(57(61)44-37-35-33-31-29-27-25-23-21-19-17-15-13-11-9-2)50-63-58(62)48-52(4)41-38-40-51(3)45-46-56-53(5)42-39-47-59(56,6)7/h22-25,38,40-41,45-46,48,54H,8-21,26-37,39,42-44,47,49-50H2,1-7H3/b24-22-,25-23-,41-38?,46-45?,51-40?,52-48-.